The average Bonchev–Trinajstić information content (AvgIpc) is 1.85. The Kier molecular flexibility index (Phi) is 3.96. The summed E-state index contributed by atoms with van der Waals surface area (Å²) in [4.78, 5) is 11.1. The Bertz CT molecular complexity index is 182. The third-order valence-electron chi connectivity index (χ3n) is 1.36. The predicted molar refractivity (Wildman–Crippen MR) is 46.7 cm³/mol. The van der Waals surface area contributed by atoms with E-state index in [-0.39, 0.29) is 13.0 Å². The molecule has 1 N–H and O–H groups in total. The molecular weight excluding hydrogens is 156 g/mol. The van der Waals surface area contributed by atoms with Crippen LogP contribution in [0.5, 0.6) is 0 Å². The fraction of sp³-hybridized carbons (Fsp3) is 0.667. The molecule has 0 saturated carbocycles. The quantitative estimate of drug-likeness (QED) is 0.513. The number of carbonyl (C=O) groups excluding carboxylic acids is 1. The van der Waals surface area contributed by atoms with Gasteiger partial charge in [-0.2, -0.15) is 0 Å². The maximum absolute atomic E-state index is 11.1. The smallest absolute Gasteiger partial charge is 0.338 e. The van der Waals surface area contributed by atoms with Crippen molar-refractivity contribution in [2.24, 2.45) is 0 Å². The van der Waals surface area contributed by atoms with Gasteiger partial charge in [-0.15, -0.1) is 6.58 Å². The van der Waals surface area contributed by atoms with E-state index < -0.39 is 11.6 Å². The van der Waals surface area contributed by atoms with Crippen LogP contribution in [-0.2, 0) is 9.53 Å². The third kappa shape index (κ3) is 3.53. The van der Waals surface area contributed by atoms with Gasteiger partial charge in [0.1, 0.15) is 0 Å². The highest BCUT2D eigenvalue weighted by atomic mass is 16.5. The molecule has 1 unspecified atom stereocenters. The lowest BCUT2D eigenvalue weighted by atomic mass is 9.98. The Morgan fingerprint density at radius 2 is 2.17 bits per heavy atom. The second-order valence-electron chi connectivity index (χ2n) is 3.13. The van der Waals surface area contributed by atoms with Crippen LogP contribution in [0.25, 0.3) is 0 Å². The molecule has 12 heavy (non-hydrogen) atoms. The van der Waals surface area contributed by atoms with Gasteiger partial charge < -0.3 is 9.84 Å². The molecule has 0 radical (unpaired) electrons. The lowest BCUT2D eigenvalue weighted by molar-refractivity contribution is -0.162. The minimum absolute atomic E-state index is 0.242. The first kappa shape index (κ1) is 11.2. The van der Waals surface area contributed by atoms with Crippen molar-refractivity contribution in [3.63, 3.8) is 0 Å². The number of ether oxygens (including phenoxy) is 1. The fourth-order valence-corrected chi connectivity index (χ4v) is 0.946. The Labute approximate surface area is 73.0 Å². The minimum atomic E-state index is -1.43. The van der Waals surface area contributed by atoms with Gasteiger partial charge in [0.05, 0.1) is 6.61 Å². The molecule has 70 valence electrons. The fourth-order valence-electron chi connectivity index (χ4n) is 0.946. The molecule has 3 nitrogen and oxygen atoms in total. The van der Waals surface area contributed by atoms with Gasteiger partial charge in [0.25, 0.3) is 0 Å². The number of hydrogen-bond acceptors (Lipinski definition) is 3. The van der Waals surface area contributed by atoms with Gasteiger partial charge in [-0.25, -0.2) is 4.79 Å². The van der Waals surface area contributed by atoms with Crippen molar-refractivity contribution < 1.29 is 14.6 Å². The molecule has 0 rings (SSSR count). The van der Waals surface area contributed by atoms with Gasteiger partial charge in [0, 0.05) is 6.42 Å². The molecule has 0 bridgehead atoms. The first-order valence-corrected chi connectivity index (χ1v) is 3.94. The van der Waals surface area contributed by atoms with E-state index in [1.165, 1.54) is 6.92 Å². The van der Waals surface area contributed by atoms with E-state index in [9.17, 15) is 9.90 Å². The van der Waals surface area contributed by atoms with Crippen LogP contribution in [0.4, 0.5) is 0 Å². The van der Waals surface area contributed by atoms with E-state index >= 15 is 0 Å². The lowest BCUT2D eigenvalue weighted by Crippen LogP contribution is -2.36. The summed E-state index contributed by atoms with van der Waals surface area (Å²) in [7, 11) is 0. The van der Waals surface area contributed by atoms with Crippen LogP contribution in [0.2, 0.25) is 0 Å². The zero-order valence-electron chi connectivity index (χ0n) is 7.89. The molecule has 0 amide bonds. The molecule has 0 aromatic carbocycles. The van der Waals surface area contributed by atoms with Crippen LogP contribution in [0.15, 0.2) is 12.2 Å². The van der Waals surface area contributed by atoms with Crippen molar-refractivity contribution in [1.82, 2.24) is 0 Å². The van der Waals surface area contributed by atoms with Gasteiger partial charge in [-0.1, -0.05) is 5.57 Å². The summed E-state index contributed by atoms with van der Waals surface area (Å²) in [6.45, 7) is 8.79. The zero-order chi connectivity index (χ0) is 9.78. The van der Waals surface area contributed by atoms with Crippen molar-refractivity contribution in [2.75, 3.05) is 6.61 Å². The highest BCUT2D eigenvalue weighted by molar-refractivity contribution is 5.79. The number of esters is 1. The van der Waals surface area contributed by atoms with Gasteiger partial charge in [0.15, 0.2) is 5.60 Å². The van der Waals surface area contributed by atoms with E-state index in [2.05, 4.69) is 11.3 Å². The standard InChI is InChI=1S/C9H16O3/c1-5-12-8(10)9(4,11)6-7(2)3/h11H,2,5-6H2,1,3-4H3. The summed E-state index contributed by atoms with van der Waals surface area (Å²) >= 11 is 0. The number of aliphatic hydroxyl groups is 1. The molecule has 0 fully saturated rings. The Morgan fingerprint density at radius 3 is 2.50 bits per heavy atom. The summed E-state index contributed by atoms with van der Waals surface area (Å²) < 4.78 is 4.68. The summed E-state index contributed by atoms with van der Waals surface area (Å²) in [5.41, 5.74) is -0.671. The van der Waals surface area contributed by atoms with Crippen molar-refractivity contribution in [3.8, 4) is 0 Å². The van der Waals surface area contributed by atoms with Crippen molar-refractivity contribution in [3.05, 3.63) is 12.2 Å². The molecule has 0 aromatic rings. The molecular formula is C9H16O3. The largest absolute Gasteiger partial charge is 0.464 e. The SMILES string of the molecule is C=C(C)CC(C)(O)C(=O)OCC. The van der Waals surface area contributed by atoms with Gasteiger partial charge in [0.2, 0.25) is 0 Å². The zero-order valence-corrected chi connectivity index (χ0v) is 7.89. The molecule has 0 spiro atoms. The topological polar surface area (TPSA) is 46.5 Å². The van der Waals surface area contributed by atoms with Crippen molar-refractivity contribution >= 4 is 5.97 Å². The minimum Gasteiger partial charge on any atom is -0.464 e. The second-order valence-corrected chi connectivity index (χ2v) is 3.13. The van der Waals surface area contributed by atoms with Crippen LogP contribution in [-0.4, -0.2) is 23.3 Å². The van der Waals surface area contributed by atoms with Crippen LogP contribution < -0.4 is 0 Å². The molecule has 0 saturated heterocycles. The van der Waals surface area contributed by atoms with E-state index in [0.29, 0.717) is 0 Å². The van der Waals surface area contributed by atoms with Gasteiger partial charge >= 0.3 is 5.97 Å². The molecule has 0 aromatic heterocycles. The molecule has 0 aliphatic heterocycles. The Hall–Kier alpha value is -0.830. The maximum Gasteiger partial charge on any atom is 0.338 e. The molecule has 0 aliphatic rings. The molecule has 1 atom stereocenters. The molecule has 3 heteroatoms. The first-order chi connectivity index (χ1) is 5.40. The van der Waals surface area contributed by atoms with Crippen LogP contribution in [0, 0.1) is 0 Å². The molecule has 0 aliphatic carbocycles. The Balaban J connectivity index is 4.18. The number of carbonyl (C=O) groups is 1. The van der Waals surface area contributed by atoms with Gasteiger partial charge in [-0.05, 0) is 20.8 Å². The lowest BCUT2D eigenvalue weighted by Gasteiger charge is -2.20. The monoisotopic (exact) mass is 172 g/mol. The maximum atomic E-state index is 11.1. The van der Waals surface area contributed by atoms with Crippen molar-refractivity contribution in [1.29, 1.82) is 0 Å². The third-order valence-corrected chi connectivity index (χ3v) is 1.36. The van der Waals surface area contributed by atoms with Crippen LogP contribution in [0.3, 0.4) is 0 Å². The van der Waals surface area contributed by atoms with E-state index in [0.717, 1.165) is 5.57 Å². The summed E-state index contributed by atoms with van der Waals surface area (Å²) in [5, 5.41) is 9.55. The summed E-state index contributed by atoms with van der Waals surface area (Å²) in [6.07, 6.45) is 0.242. The first-order valence-electron chi connectivity index (χ1n) is 3.94. The van der Waals surface area contributed by atoms with Crippen LogP contribution >= 0.6 is 0 Å². The highest BCUT2D eigenvalue weighted by Crippen LogP contribution is 2.16. The highest BCUT2D eigenvalue weighted by Gasteiger charge is 2.31. The van der Waals surface area contributed by atoms with Crippen molar-refractivity contribution in [2.45, 2.75) is 32.8 Å². The van der Waals surface area contributed by atoms with E-state index in [1.54, 1.807) is 13.8 Å². The molecule has 0 heterocycles. The van der Waals surface area contributed by atoms with E-state index in [1.807, 2.05) is 0 Å². The van der Waals surface area contributed by atoms with E-state index in [4.69, 9.17) is 0 Å². The Morgan fingerprint density at radius 1 is 1.67 bits per heavy atom. The summed E-state index contributed by atoms with van der Waals surface area (Å²) in [5.74, 6) is -0.590. The number of hydrogen-bond donors (Lipinski definition) is 1. The van der Waals surface area contributed by atoms with Gasteiger partial charge in [-0.3, -0.25) is 0 Å². The summed E-state index contributed by atoms with van der Waals surface area (Å²) in [6, 6.07) is 0. The normalized spacial score (nSPS) is 15.0. The average molecular weight is 172 g/mol. The second kappa shape index (κ2) is 4.26. The number of rotatable bonds is 4. The predicted octanol–water partition coefficient (Wildman–Crippen LogP) is 1.27. The van der Waals surface area contributed by atoms with Crippen LogP contribution in [0.1, 0.15) is 27.2 Å².